The van der Waals surface area contributed by atoms with E-state index in [2.05, 4.69) is 4.74 Å². The van der Waals surface area contributed by atoms with Crippen LogP contribution in [0, 0.1) is 5.92 Å². The molecule has 0 spiro atoms. The highest BCUT2D eigenvalue weighted by Gasteiger charge is 2.37. The van der Waals surface area contributed by atoms with Gasteiger partial charge in [-0.1, -0.05) is 30.3 Å². The number of esters is 1. The zero-order valence-corrected chi connectivity index (χ0v) is 15.1. The van der Waals surface area contributed by atoms with E-state index in [-0.39, 0.29) is 30.8 Å². The Labute approximate surface area is 148 Å². The lowest BCUT2D eigenvalue weighted by molar-refractivity contribution is -0.149. The predicted octanol–water partition coefficient (Wildman–Crippen LogP) is 1.49. The SMILES string of the molecule is COC(=O)CN(C(=O)C1CC(=O)N(CCc2ccccc2)C1)C(C)C. The van der Waals surface area contributed by atoms with Gasteiger partial charge in [-0.05, 0) is 25.8 Å². The summed E-state index contributed by atoms with van der Waals surface area (Å²) in [5.74, 6) is -1.00. The summed E-state index contributed by atoms with van der Waals surface area (Å²) in [4.78, 5) is 39.8. The van der Waals surface area contributed by atoms with E-state index in [1.54, 1.807) is 4.90 Å². The van der Waals surface area contributed by atoms with E-state index < -0.39 is 11.9 Å². The highest BCUT2D eigenvalue weighted by Crippen LogP contribution is 2.21. The molecule has 1 heterocycles. The Hall–Kier alpha value is -2.37. The first-order valence-corrected chi connectivity index (χ1v) is 8.61. The molecule has 6 heteroatoms. The first kappa shape index (κ1) is 19.0. The minimum absolute atomic E-state index is 0.00365. The fourth-order valence-electron chi connectivity index (χ4n) is 3.02. The Morgan fingerprint density at radius 1 is 1.28 bits per heavy atom. The molecular weight excluding hydrogens is 320 g/mol. The zero-order chi connectivity index (χ0) is 18.4. The quantitative estimate of drug-likeness (QED) is 0.702. The summed E-state index contributed by atoms with van der Waals surface area (Å²) in [5, 5.41) is 0. The molecule has 1 aromatic rings. The molecule has 0 aliphatic carbocycles. The molecule has 1 saturated heterocycles. The van der Waals surface area contributed by atoms with Gasteiger partial charge in [0.2, 0.25) is 11.8 Å². The van der Waals surface area contributed by atoms with Gasteiger partial charge in [0.15, 0.2) is 0 Å². The Balaban J connectivity index is 1.95. The average Bonchev–Trinajstić information content (AvgIpc) is 2.98. The standard InChI is InChI=1S/C19H26N2O4/c1-14(2)21(13-18(23)25-3)19(24)16-11-17(22)20(12-16)10-9-15-7-5-4-6-8-15/h4-8,14,16H,9-13H2,1-3H3. The molecule has 25 heavy (non-hydrogen) atoms. The van der Waals surface area contributed by atoms with Crippen LogP contribution in [0.15, 0.2) is 30.3 Å². The van der Waals surface area contributed by atoms with Gasteiger partial charge in [0.25, 0.3) is 0 Å². The van der Waals surface area contributed by atoms with Crippen LogP contribution in [-0.2, 0) is 25.5 Å². The normalized spacial score (nSPS) is 17.0. The molecule has 1 aliphatic heterocycles. The fraction of sp³-hybridized carbons (Fsp3) is 0.526. The van der Waals surface area contributed by atoms with Gasteiger partial charge in [0.05, 0.1) is 13.0 Å². The molecule has 1 fully saturated rings. The Bertz CT molecular complexity index is 615. The number of carbonyl (C=O) groups excluding carboxylic acids is 3. The zero-order valence-electron chi connectivity index (χ0n) is 15.1. The molecule has 136 valence electrons. The second-order valence-electron chi connectivity index (χ2n) is 6.61. The number of rotatable bonds is 7. The second-order valence-corrected chi connectivity index (χ2v) is 6.61. The lowest BCUT2D eigenvalue weighted by Gasteiger charge is -2.28. The number of hydrogen-bond donors (Lipinski definition) is 0. The number of hydrogen-bond acceptors (Lipinski definition) is 4. The molecule has 1 atom stereocenters. The first-order valence-electron chi connectivity index (χ1n) is 8.61. The number of likely N-dealkylation sites (tertiary alicyclic amines) is 1. The topological polar surface area (TPSA) is 66.9 Å². The maximum atomic E-state index is 12.7. The van der Waals surface area contributed by atoms with Crippen molar-refractivity contribution < 1.29 is 19.1 Å². The minimum atomic E-state index is -0.452. The van der Waals surface area contributed by atoms with Crippen LogP contribution in [0.1, 0.15) is 25.8 Å². The maximum absolute atomic E-state index is 12.7. The van der Waals surface area contributed by atoms with E-state index in [0.717, 1.165) is 6.42 Å². The van der Waals surface area contributed by atoms with Gasteiger partial charge in [-0.3, -0.25) is 14.4 Å². The van der Waals surface area contributed by atoms with Crippen molar-refractivity contribution in [3.05, 3.63) is 35.9 Å². The van der Waals surface area contributed by atoms with Crippen LogP contribution in [0.3, 0.4) is 0 Å². The lowest BCUT2D eigenvalue weighted by atomic mass is 10.1. The van der Waals surface area contributed by atoms with E-state index in [4.69, 9.17) is 0 Å². The van der Waals surface area contributed by atoms with Gasteiger partial charge in [-0.2, -0.15) is 0 Å². The molecule has 6 nitrogen and oxygen atoms in total. The number of methoxy groups -OCH3 is 1. The third-order valence-corrected chi connectivity index (χ3v) is 4.51. The smallest absolute Gasteiger partial charge is 0.325 e. The van der Waals surface area contributed by atoms with E-state index in [0.29, 0.717) is 13.1 Å². The van der Waals surface area contributed by atoms with E-state index >= 15 is 0 Å². The monoisotopic (exact) mass is 346 g/mol. The van der Waals surface area contributed by atoms with E-state index in [1.165, 1.54) is 17.6 Å². The summed E-state index contributed by atoms with van der Waals surface area (Å²) in [6, 6.07) is 9.84. The third-order valence-electron chi connectivity index (χ3n) is 4.51. The van der Waals surface area contributed by atoms with E-state index in [1.807, 2.05) is 44.2 Å². The fourth-order valence-corrected chi connectivity index (χ4v) is 3.02. The van der Waals surface area contributed by atoms with Crippen LogP contribution < -0.4 is 0 Å². The highest BCUT2D eigenvalue weighted by molar-refractivity contribution is 5.91. The molecule has 0 saturated carbocycles. The van der Waals surface area contributed by atoms with Crippen LogP contribution >= 0.6 is 0 Å². The number of amides is 2. The van der Waals surface area contributed by atoms with Gasteiger partial charge < -0.3 is 14.5 Å². The van der Waals surface area contributed by atoms with Gasteiger partial charge in [-0.15, -0.1) is 0 Å². The summed E-state index contributed by atoms with van der Waals surface area (Å²) in [7, 11) is 1.30. The summed E-state index contributed by atoms with van der Waals surface area (Å²) in [6.07, 6.45) is 0.974. The maximum Gasteiger partial charge on any atom is 0.325 e. The van der Waals surface area contributed by atoms with Crippen LogP contribution in [0.4, 0.5) is 0 Å². The van der Waals surface area contributed by atoms with Gasteiger partial charge in [0.1, 0.15) is 6.54 Å². The van der Waals surface area contributed by atoms with Crippen molar-refractivity contribution in [2.24, 2.45) is 5.92 Å². The molecule has 0 N–H and O–H groups in total. The number of ether oxygens (including phenoxy) is 1. The Morgan fingerprint density at radius 2 is 1.96 bits per heavy atom. The molecule has 2 rings (SSSR count). The molecular formula is C19H26N2O4. The summed E-state index contributed by atoms with van der Waals surface area (Å²) in [5.41, 5.74) is 1.17. The molecule has 2 amide bonds. The number of benzene rings is 1. The molecule has 1 aromatic carbocycles. The van der Waals surface area contributed by atoms with Crippen LogP contribution in [0.25, 0.3) is 0 Å². The summed E-state index contributed by atoms with van der Waals surface area (Å²) < 4.78 is 4.66. The average molecular weight is 346 g/mol. The van der Waals surface area contributed by atoms with Crippen molar-refractivity contribution in [1.29, 1.82) is 0 Å². The van der Waals surface area contributed by atoms with Crippen molar-refractivity contribution >= 4 is 17.8 Å². The summed E-state index contributed by atoms with van der Waals surface area (Å²) >= 11 is 0. The number of carbonyl (C=O) groups is 3. The Kier molecular flexibility index (Phi) is 6.56. The molecule has 1 unspecified atom stereocenters. The van der Waals surface area contributed by atoms with Crippen molar-refractivity contribution in [3.63, 3.8) is 0 Å². The lowest BCUT2D eigenvalue weighted by Crippen LogP contribution is -2.44. The molecule has 0 bridgehead atoms. The molecule has 0 radical (unpaired) electrons. The predicted molar refractivity (Wildman–Crippen MR) is 93.7 cm³/mol. The van der Waals surface area contributed by atoms with Crippen molar-refractivity contribution in [2.75, 3.05) is 26.7 Å². The molecule has 0 aromatic heterocycles. The van der Waals surface area contributed by atoms with Crippen LogP contribution in [0.2, 0.25) is 0 Å². The van der Waals surface area contributed by atoms with Crippen molar-refractivity contribution in [2.45, 2.75) is 32.7 Å². The second kappa shape index (κ2) is 8.65. The Morgan fingerprint density at radius 3 is 2.56 bits per heavy atom. The van der Waals surface area contributed by atoms with Gasteiger partial charge >= 0.3 is 5.97 Å². The van der Waals surface area contributed by atoms with Crippen LogP contribution in [0.5, 0.6) is 0 Å². The van der Waals surface area contributed by atoms with Crippen LogP contribution in [-0.4, -0.2) is 60.4 Å². The first-order chi connectivity index (χ1) is 11.9. The third kappa shape index (κ3) is 5.05. The molecule has 1 aliphatic rings. The summed E-state index contributed by atoms with van der Waals surface area (Å²) in [6.45, 7) is 4.64. The largest absolute Gasteiger partial charge is 0.468 e. The van der Waals surface area contributed by atoms with Crippen molar-refractivity contribution in [3.8, 4) is 0 Å². The van der Waals surface area contributed by atoms with Gasteiger partial charge in [0, 0.05) is 25.6 Å². The highest BCUT2D eigenvalue weighted by atomic mass is 16.5. The number of nitrogens with zero attached hydrogens (tertiary/aromatic N) is 2. The van der Waals surface area contributed by atoms with Crippen molar-refractivity contribution in [1.82, 2.24) is 9.80 Å². The van der Waals surface area contributed by atoms with Gasteiger partial charge in [-0.25, -0.2) is 0 Å². The minimum Gasteiger partial charge on any atom is -0.468 e. The van der Waals surface area contributed by atoms with E-state index in [9.17, 15) is 14.4 Å².